The lowest BCUT2D eigenvalue weighted by Crippen LogP contribution is -2.96. The van der Waals surface area contributed by atoms with Crippen LogP contribution in [0.25, 0.3) is 0 Å². The molecule has 3 N–H and O–H groups in total. The van der Waals surface area contributed by atoms with Gasteiger partial charge in [0, 0.05) is 19.0 Å². The number of quaternary nitrogens is 1. The van der Waals surface area contributed by atoms with E-state index in [0.29, 0.717) is 5.41 Å². The minimum Gasteiger partial charge on any atom is -0.333 e. The Morgan fingerprint density at radius 2 is 2.07 bits per heavy atom. The minimum absolute atomic E-state index is 0.177. The van der Waals surface area contributed by atoms with E-state index in [2.05, 4.69) is 48.7 Å². The molecule has 0 unspecified atom stereocenters. The zero-order valence-electron chi connectivity index (χ0n) is 8.80. The largest absolute Gasteiger partial charge is 0.333 e. The second-order valence-electron chi connectivity index (χ2n) is 4.95. The van der Waals surface area contributed by atoms with Gasteiger partial charge in [-0.2, -0.15) is 0 Å². The van der Waals surface area contributed by atoms with E-state index in [0.717, 1.165) is 0 Å². The maximum atomic E-state index is 3.66. The number of para-hydroxylation sites is 1. The van der Waals surface area contributed by atoms with Gasteiger partial charge >= 0.3 is 0 Å². The molecule has 0 radical (unpaired) electrons. The number of fused-ring (bicyclic) bond motifs is 3. The molecule has 2 nitrogen and oxygen atoms in total. The molecule has 74 valence electrons. The first-order chi connectivity index (χ1) is 6.66. The van der Waals surface area contributed by atoms with Gasteiger partial charge in [-0.1, -0.05) is 18.2 Å². The molecule has 14 heavy (non-hydrogen) atoms. The third-order valence-electron chi connectivity index (χ3n) is 4.26. The van der Waals surface area contributed by atoms with Crippen LogP contribution in [0.2, 0.25) is 0 Å². The summed E-state index contributed by atoms with van der Waals surface area (Å²) in [7, 11) is 0. The molecule has 2 aliphatic rings. The fraction of sp³-hybridized carbons (Fsp3) is 0.500. The predicted molar refractivity (Wildman–Crippen MR) is 57.2 cm³/mol. The average Bonchev–Trinajstić information content (AvgIpc) is 2.54. The normalized spacial score (nSPS) is 39.0. The molecule has 2 heterocycles. The van der Waals surface area contributed by atoms with Crippen molar-refractivity contribution >= 4 is 5.69 Å². The van der Waals surface area contributed by atoms with Crippen molar-refractivity contribution in [2.45, 2.75) is 31.3 Å². The highest BCUT2D eigenvalue weighted by Gasteiger charge is 2.58. The molecular formula is C12H17N2+. The molecule has 0 spiro atoms. The SMILES string of the molecule is C[C@@]12Nc3ccccc3[C@]1(C)CC[NH2+]2. The van der Waals surface area contributed by atoms with E-state index in [4.69, 9.17) is 0 Å². The van der Waals surface area contributed by atoms with E-state index in [1.54, 1.807) is 0 Å². The molecule has 2 atom stereocenters. The Balaban J connectivity index is 2.22. The van der Waals surface area contributed by atoms with Crippen molar-refractivity contribution in [3.05, 3.63) is 29.8 Å². The topological polar surface area (TPSA) is 28.6 Å². The van der Waals surface area contributed by atoms with Crippen LogP contribution in [0.15, 0.2) is 24.3 Å². The van der Waals surface area contributed by atoms with Crippen molar-refractivity contribution in [3.8, 4) is 0 Å². The van der Waals surface area contributed by atoms with Crippen LogP contribution >= 0.6 is 0 Å². The Morgan fingerprint density at radius 1 is 1.29 bits per heavy atom. The van der Waals surface area contributed by atoms with Gasteiger partial charge < -0.3 is 10.6 Å². The highest BCUT2D eigenvalue weighted by Crippen LogP contribution is 2.47. The van der Waals surface area contributed by atoms with Gasteiger partial charge in [0.15, 0.2) is 5.66 Å². The second kappa shape index (κ2) is 2.31. The highest BCUT2D eigenvalue weighted by atomic mass is 15.3. The summed E-state index contributed by atoms with van der Waals surface area (Å²) >= 11 is 0. The van der Waals surface area contributed by atoms with Gasteiger partial charge in [0.1, 0.15) is 0 Å². The zero-order valence-corrected chi connectivity index (χ0v) is 8.80. The number of nitrogens with two attached hydrogens (primary N) is 1. The van der Waals surface area contributed by atoms with Gasteiger partial charge in [-0.3, -0.25) is 0 Å². The fourth-order valence-corrected chi connectivity index (χ4v) is 3.09. The lowest BCUT2D eigenvalue weighted by atomic mass is 9.75. The second-order valence-corrected chi connectivity index (χ2v) is 4.95. The summed E-state index contributed by atoms with van der Waals surface area (Å²) in [5.74, 6) is 0. The van der Waals surface area contributed by atoms with Crippen LogP contribution < -0.4 is 10.6 Å². The summed E-state index contributed by atoms with van der Waals surface area (Å²) in [5.41, 5.74) is 3.31. The summed E-state index contributed by atoms with van der Waals surface area (Å²) in [5, 5.41) is 6.10. The van der Waals surface area contributed by atoms with Gasteiger partial charge in [0.25, 0.3) is 0 Å². The highest BCUT2D eigenvalue weighted by molar-refractivity contribution is 5.63. The van der Waals surface area contributed by atoms with Crippen LogP contribution in [0.5, 0.6) is 0 Å². The molecule has 0 bridgehead atoms. The Kier molecular flexibility index (Phi) is 1.37. The van der Waals surface area contributed by atoms with Gasteiger partial charge in [0.2, 0.25) is 0 Å². The fourth-order valence-electron chi connectivity index (χ4n) is 3.09. The first-order valence-electron chi connectivity index (χ1n) is 5.38. The smallest absolute Gasteiger partial charge is 0.176 e. The predicted octanol–water partition coefficient (Wildman–Crippen LogP) is 1.05. The van der Waals surface area contributed by atoms with Gasteiger partial charge in [-0.15, -0.1) is 0 Å². The maximum absolute atomic E-state index is 3.66. The summed E-state index contributed by atoms with van der Waals surface area (Å²) in [4.78, 5) is 0. The third kappa shape index (κ3) is 0.758. The third-order valence-corrected chi connectivity index (χ3v) is 4.26. The molecule has 1 aromatic carbocycles. The van der Waals surface area contributed by atoms with Crippen molar-refractivity contribution < 1.29 is 5.32 Å². The molecular weight excluding hydrogens is 172 g/mol. The first kappa shape index (κ1) is 8.30. The van der Waals surface area contributed by atoms with Crippen LogP contribution in [0.4, 0.5) is 5.69 Å². The quantitative estimate of drug-likeness (QED) is 0.627. The van der Waals surface area contributed by atoms with Gasteiger partial charge in [-0.05, 0) is 18.6 Å². The van der Waals surface area contributed by atoms with E-state index in [9.17, 15) is 0 Å². The molecule has 1 fully saturated rings. The van der Waals surface area contributed by atoms with Crippen LogP contribution in [0, 0.1) is 0 Å². The van der Waals surface area contributed by atoms with E-state index in [1.807, 2.05) is 0 Å². The molecule has 2 heteroatoms. The van der Waals surface area contributed by atoms with Gasteiger partial charge in [-0.25, -0.2) is 0 Å². The number of hydrogen-bond acceptors (Lipinski definition) is 1. The van der Waals surface area contributed by atoms with Crippen molar-refractivity contribution in [1.82, 2.24) is 0 Å². The van der Waals surface area contributed by atoms with Gasteiger partial charge in [0.05, 0.1) is 12.0 Å². The zero-order chi connectivity index (χ0) is 9.81. The minimum atomic E-state index is 0.177. The van der Waals surface area contributed by atoms with Crippen molar-refractivity contribution in [3.63, 3.8) is 0 Å². The molecule has 1 aromatic rings. The molecule has 0 amide bonds. The van der Waals surface area contributed by atoms with E-state index < -0.39 is 0 Å². The Labute approximate surface area is 84.7 Å². The van der Waals surface area contributed by atoms with Crippen LogP contribution in [-0.2, 0) is 5.41 Å². The van der Waals surface area contributed by atoms with E-state index in [-0.39, 0.29) is 5.66 Å². The van der Waals surface area contributed by atoms with Crippen molar-refractivity contribution in [1.29, 1.82) is 0 Å². The molecule has 0 aromatic heterocycles. The molecule has 1 saturated heterocycles. The molecule has 0 aliphatic carbocycles. The Morgan fingerprint density at radius 3 is 2.93 bits per heavy atom. The number of benzene rings is 1. The summed E-state index contributed by atoms with van der Waals surface area (Å²) in [6, 6.07) is 8.72. The number of anilines is 1. The Hall–Kier alpha value is -1.02. The van der Waals surface area contributed by atoms with E-state index >= 15 is 0 Å². The summed E-state index contributed by atoms with van der Waals surface area (Å²) in [6.07, 6.45) is 1.27. The molecule has 0 saturated carbocycles. The number of nitrogens with one attached hydrogen (secondary N) is 1. The standard InChI is InChI=1S/C12H16N2/c1-11-7-8-13-12(11,2)14-10-6-4-3-5-9(10)11/h3-6,13-14H,7-8H2,1-2H3/p+1/t11-,12+/m0/s1. The van der Waals surface area contributed by atoms with Crippen LogP contribution in [0.1, 0.15) is 25.8 Å². The summed E-state index contributed by atoms with van der Waals surface area (Å²) < 4.78 is 0. The summed E-state index contributed by atoms with van der Waals surface area (Å²) in [6.45, 7) is 5.93. The van der Waals surface area contributed by atoms with Crippen molar-refractivity contribution in [2.75, 3.05) is 11.9 Å². The number of rotatable bonds is 0. The van der Waals surface area contributed by atoms with Crippen LogP contribution in [-0.4, -0.2) is 12.2 Å². The molecule has 3 rings (SSSR count). The van der Waals surface area contributed by atoms with E-state index in [1.165, 1.54) is 24.2 Å². The maximum Gasteiger partial charge on any atom is 0.176 e. The first-order valence-corrected chi connectivity index (χ1v) is 5.38. The lowest BCUT2D eigenvalue weighted by Gasteiger charge is -2.30. The van der Waals surface area contributed by atoms with Crippen molar-refractivity contribution in [2.24, 2.45) is 0 Å². The number of hydrogen-bond donors (Lipinski definition) is 2. The lowest BCUT2D eigenvalue weighted by molar-refractivity contribution is -0.701. The van der Waals surface area contributed by atoms with Crippen LogP contribution in [0.3, 0.4) is 0 Å². The molecule has 2 aliphatic heterocycles. The average molecular weight is 189 g/mol. The monoisotopic (exact) mass is 189 g/mol. The Bertz CT molecular complexity index is 388.